The second kappa shape index (κ2) is 7.69. The lowest BCUT2D eigenvalue weighted by Gasteiger charge is -2.15. The van der Waals surface area contributed by atoms with Crippen molar-refractivity contribution in [2.75, 3.05) is 19.7 Å². The van der Waals surface area contributed by atoms with E-state index in [4.69, 9.17) is 4.74 Å². The quantitative estimate of drug-likeness (QED) is 0.557. The Hall–Kier alpha value is -2.03. The number of nitrogens with zero attached hydrogens (tertiary/aromatic N) is 1. The number of hydrogen-bond donors (Lipinski definition) is 0. The van der Waals surface area contributed by atoms with Crippen molar-refractivity contribution in [3.63, 3.8) is 0 Å². The van der Waals surface area contributed by atoms with Gasteiger partial charge in [0.1, 0.15) is 4.88 Å². The lowest BCUT2D eigenvalue weighted by atomic mass is 10.1. The molecule has 0 aliphatic carbocycles. The first-order valence-electron chi connectivity index (χ1n) is 8.25. The molecule has 2 aromatic rings. The van der Waals surface area contributed by atoms with Gasteiger partial charge in [-0.1, -0.05) is 0 Å². The number of Topliss-reactive ketones (excluding diaryl/α,β-unsaturated/α-hetero) is 1. The molecule has 1 aromatic carbocycles. The highest BCUT2D eigenvalue weighted by Crippen LogP contribution is 2.21. The summed E-state index contributed by atoms with van der Waals surface area (Å²) >= 11 is 1.30. The number of ketones is 1. The predicted octanol–water partition coefficient (Wildman–Crippen LogP) is 2.88. The van der Waals surface area contributed by atoms with Crippen molar-refractivity contribution in [3.8, 4) is 0 Å². The van der Waals surface area contributed by atoms with Crippen molar-refractivity contribution in [2.45, 2.75) is 24.7 Å². The molecule has 1 aliphatic heterocycles. The van der Waals surface area contributed by atoms with E-state index in [-0.39, 0.29) is 17.3 Å². The third-order valence-corrected chi connectivity index (χ3v) is 7.05. The summed E-state index contributed by atoms with van der Waals surface area (Å²) < 4.78 is 31.4. The molecular weight excluding hydrogens is 374 g/mol. The lowest BCUT2D eigenvalue weighted by molar-refractivity contribution is 0.0479. The van der Waals surface area contributed by atoms with Crippen LogP contribution in [0, 0.1) is 6.92 Å². The molecule has 0 atom stereocenters. The van der Waals surface area contributed by atoms with Crippen LogP contribution >= 0.6 is 11.3 Å². The van der Waals surface area contributed by atoms with Crippen LogP contribution in [0.25, 0.3) is 0 Å². The number of benzene rings is 1. The largest absolute Gasteiger partial charge is 0.453 e. The Kier molecular flexibility index (Phi) is 5.55. The van der Waals surface area contributed by atoms with E-state index in [1.54, 1.807) is 6.07 Å². The second-order valence-electron chi connectivity index (χ2n) is 6.05. The first kappa shape index (κ1) is 18.8. The molecule has 0 spiro atoms. The molecule has 3 rings (SSSR count). The average Bonchev–Trinajstić information content (AvgIpc) is 3.31. The summed E-state index contributed by atoms with van der Waals surface area (Å²) in [6, 6.07) is 9.22. The Balaban J connectivity index is 1.62. The standard InChI is InChI=1S/C18H19NO5S2/c1-13-4-9-17(25-13)18(21)24-12-16(20)14-5-7-15(8-6-14)26(22,23)19-10-2-3-11-19/h4-9H,2-3,10-12H2,1H3. The molecule has 0 unspecified atom stereocenters. The number of rotatable bonds is 6. The van der Waals surface area contributed by atoms with E-state index in [0.29, 0.717) is 23.5 Å². The molecule has 8 heteroatoms. The fourth-order valence-corrected chi connectivity index (χ4v) is 5.00. The van der Waals surface area contributed by atoms with Crippen LogP contribution in [0.4, 0.5) is 0 Å². The first-order chi connectivity index (χ1) is 12.4. The van der Waals surface area contributed by atoms with Crippen LogP contribution in [-0.2, 0) is 14.8 Å². The topological polar surface area (TPSA) is 80.8 Å². The molecule has 0 amide bonds. The fraction of sp³-hybridized carbons (Fsp3) is 0.333. The summed E-state index contributed by atoms with van der Waals surface area (Å²) in [5.41, 5.74) is 0.306. The van der Waals surface area contributed by atoms with Crippen molar-refractivity contribution >= 4 is 33.1 Å². The van der Waals surface area contributed by atoms with Crippen LogP contribution < -0.4 is 0 Å². The van der Waals surface area contributed by atoms with Gasteiger partial charge < -0.3 is 4.74 Å². The Morgan fingerprint density at radius 2 is 1.73 bits per heavy atom. The molecule has 1 saturated heterocycles. The van der Waals surface area contributed by atoms with E-state index in [9.17, 15) is 18.0 Å². The van der Waals surface area contributed by atoms with Crippen molar-refractivity contribution in [1.82, 2.24) is 4.31 Å². The minimum Gasteiger partial charge on any atom is -0.453 e. The molecule has 26 heavy (non-hydrogen) atoms. The smallest absolute Gasteiger partial charge is 0.348 e. The van der Waals surface area contributed by atoms with Crippen LogP contribution in [0.3, 0.4) is 0 Å². The Morgan fingerprint density at radius 1 is 1.08 bits per heavy atom. The number of esters is 1. The van der Waals surface area contributed by atoms with Gasteiger partial charge in [-0.15, -0.1) is 11.3 Å². The van der Waals surface area contributed by atoms with Gasteiger partial charge in [0.25, 0.3) is 0 Å². The van der Waals surface area contributed by atoms with E-state index in [2.05, 4.69) is 0 Å². The number of carbonyl (C=O) groups is 2. The summed E-state index contributed by atoms with van der Waals surface area (Å²) in [5, 5.41) is 0. The minimum atomic E-state index is -3.50. The van der Waals surface area contributed by atoms with Crippen molar-refractivity contribution < 1.29 is 22.7 Å². The molecule has 0 radical (unpaired) electrons. The summed E-state index contributed by atoms with van der Waals surface area (Å²) in [6.07, 6.45) is 1.73. The molecule has 2 heterocycles. The fourth-order valence-electron chi connectivity index (χ4n) is 2.72. The van der Waals surface area contributed by atoms with Crippen molar-refractivity contribution in [1.29, 1.82) is 0 Å². The maximum absolute atomic E-state index is 12.5. The van der Waals surface area contributed by atoms with Gasteiger partial charge >= 0.3 is 5.97 Å². The maximum Gasteiger partial charge on any atom is 0.348 e. The van der Waals surface area contributed by atoms with Gasteiger partial charge in [0.05, 0.1) is 4.90 Å². The highest BCUT2D eigenvalue weighted by atomic mass is 32.2. The number of thiophene rings is 1. The van der Waals surface area contributed by atoms with E-state index in [1.807, 2.05) is 13.0 Å². The SMILES string of the molecule is Cc1ccc(C(=O)OCC(=O)c2ccc(S(=O)(=O)N3CCCC3)cc2)s1. The summed E-state index contributed by atoms with van der Waals surface area (Å²) in [6.45, 7) is 2.56. The van der Waals surface area contributed by atoms with Gasteiger partial charge in [-0.05, 0) is 56.2 Å². The number of ether oxygens (including phenoxy) is 1. The molecule has 1 aliphatic rings. The van der Waals surface area contributed by atoms with Gasteiger partial charge in [-0.2, -0.15) is 4.31 Å². The zero-order chi connectivity index (χ0) is 18.7. The van der Waals surface area contributed by atoms with Gasteiger partial charge in [0, 0.05) is 23.5 Å². The van der Waals surface area contributed by atoms with Crippen molar-refractivity contribution in [2.24, 2.45) is 0 Å². The van der Waals surface area contributed by atoms with Crippen molar-refractivity contribution in [3.05, 3.63) is 51.7 Å². The predicted molar refractivity (Wildman–Crippen MR) is 98.1 cm³/mol. The maximum atomic E-state index is 12.5. The van der Waals surface area contributed by atoms with E-state index in [0.717, 1.165) is 17.7 Å². The third-order valence-electron chi connectivity index (χ3n) is 4.16. The molecule has 138 valence electrons. The van der Waals surface area contributed by atoms with Crippen LogP contribution in [0.15, 0.2) is 41.3 Å². The average molecular weight is 393 g/mol. The first-order valence-corrected chi connectivity index (χ1v) is 10.5. The molecule has 1 fully saturated rings. The van der Waals surface area contributed by atoms with Crippen LogP contribution in [-0.4, -0.2) is 44.2 Å². The highest BCUT2D eigenvalue weighted by Gasteiger charge is 2.27. The van der Waals surface area contributed by atoms with Gasteiger partial charge in [-0.3, -0.25) is 4.79 Å². The highest BCUT2D eigenvalue weighted by molar-refractivity contribution is 7.89. The summed E-state index contributed by atoms with van der Waals surface area (Å²) in [5.74, 6) is -0.915. The number of carbonyl (C=O) groups excluding carboxylic acids is 2. The van der Waals surface area contributed by atoms with E-state index < -0.39 is 16.0 Å². The Labute approximate surface area is 156 Å². The molecule has 6 nitrogen and oxygen atoms in total. The van der Waals surface area contributed by atoms with Crippen LogP contribution in [0.5, 0.6) is 0 Å². The third kappa shape index (κ3) is 4.03. The zero-order valence-electron chi connectivity index (χ0n) is 14.3. The summed E-state index contributed by atoms with van der Waals surface area (Å²) in [4.78, 5) is 25.6. The van der Waals surface area contributed by atoms with Gasteiger partial charge in [0.2, 0.25) is 10.0 Å². The normalized spacial score (nSPS) is 15.1. The van der Waals surface area contributed by atoms with Gasteiger partial charge in [0.15, 0.2) is 12.4 Å². The molecular formula is C18H19NO5S2. The summed E-state index contributed by atoms with van der Waals surface area (Å²) in [7, 11) is -3.50. The lowest BCUT2D eigenvalue weighted by Crippen LogP contribution is -2.27. The molecule has 0 saturated carbocycles. The van der Waals surface area contributed by atoms with E-state index >= 15 is 0 Å². The zero-order valence-corrected chi connectivity index (χ0v) is 15.9. The molecule has 0 bridgehead atoms. The van der Waals surface area contributed by atoms with Crippen LogP contribution in [0.1, 0.15) is 37.7 Å². The second-order valence-corrected chi connectivity index (χ2v) is 9.27. The minimum absolute atomic E-state index is 0.169. The molecule has 0 N–H and O–H groups in total. The molecule has 1 aromatic heterocycles. The Bertz CT molecular complexity index is 909. The number of sulfonamides is 1. The number of aryl methyl sites for hydroxylation is 1. The van der Waals surface area contributed by atoms with Crippen LogP contribution in [0.2, 0.25) is 0 Å². The Morgan fingerprint density at radius 3 is 2.31 bits per heavy atom. The van der Waals surface area contributed by atoms with Gasteiger partial charge in [-0.25, -0.2) is 13.2 Å². The van der Waals surface area contributed by atoms with E-state index in [1.165, 1.54) is 39.9 Å². The monoisotopic (exact) mass is 393 g/mol. The number of hydrogen-bond acceptors (Lipinski definition) is 6.